The molecule has 2 aliphatic heterocycles. The van der Waals surface area contributed by atoms with Crippen LogP contribution < -0.4 is 16.2 Å². The standard InChI is InChI=1S/C18H22ClN5O2.ClH/c19-14-9-22-23(11-14)5-4-17(25)21-10-16-13-6-12(7-20-8-13)15-2-1-3-18(26)24(15)16;/h1-3,9,11-13,16,20H,4-8,10H2,(H,21,25);1H/t12-,13+,16+;/m1./s1. The molecular weight excluding hydrogens is 389 g/mol. The second kappa shape index (κ2) is 8.46. The largest absolute Gasteiger partial charge is 0.354 e. The number of hydrogen-bond donors (Lipinski definition) is 2. The first-order valence-electron chi connectivity index (χ1n) is 8.98. The van der Waals surface area contributed by atoms with Crippen molar-refractivity contribution in [1.29, 1.82) is 0 Å². The number of hydrogen-bond acceptors (Lipinski definition) is 4. The van der Waals surface area contributed by atoms with Crippen molar-refractivity contribution < 1.29 is 4.79 Å². The zero-order valence-electron chi connectivity index (χ0n) is 14.8. The number of fused-ring (bicyclic) bond motifs is 4. The van der Waals surface area contributed by atoms with Crippen molar-refractivity contribution in [2.75, 3.05) is 19.6 Å². The molecule has 1 amide bonds. The molecule has 0 aromatic carbocycles. The average Bonchev–Trinajstić information content (AvgIpc) is 3.06. The van der Waals surface area contributed by atoms with Crippen LogP contribution in [-0.4, -0.2) is 39.9 Å². The zero-order chi connectivity index (χ0) is 18.1. The fourth-order valence-electron chi connectivity index (χ4n) is 4.15. The molecular formula is C18H23Cl2N5O2. The number of amides is 1. The third-order valence-electron chi connectivity index (χ3n) is 5.38. The van der Waals surface area contributed by atoms with Gasteiger partial charge in [0.2, 0.25) is 5.91 Å². The maximum atomic E-state index is 12.5. The number of piperidine rings is 1. The van der Waals surface area contributed by atoms with Crippen LogP contribution in [0.4, 0.5) is 0 Å². The quantitative estimate of drug-likeness (QED) is 0.782. The summed E-state index contributed by atoms with van der Waals surface area (Å²) < 4.78 is 3.55. The number of carbonyl (C=O) groups excluding carboxylic acids is 1. The van der Waals surface area contributed by atoms with E-state index in [4.69, 9.17) is 11.6 Å². The number of pyridine rings is 1. The van der Waals surface area contributed by atoms with Gasteiger partial charge in [-0.25, -0.2) is 0 Å². The number of aryl methyl sites for hydroxylation is 1. The maximum absolute atomic E-state index is 12.5. The molecule has 4 heterocycles. The van der Waals surface area contributed by atoms with Crippen molar-refractivity contribution in [3.05, 3.63) is 51.7 Å². The summed E-state index contributed by atoms with van der Waals surface area (Å²) in [6, 6.07) is 5.46. The third-order valence-corrected chi connectivity index (χ3v) is 5.57. The van der Waals surface area contributed by atoms with E-state index in [0.29, 0.717) is 36.4 Å². The lowest BCUT2D eigenvalue weighted by Crippen LogP contribution is -2.50. The highest BCUT2D eigenvalue weighted by atomic mass is 35.5. The van der Waals surface area contributed by atoms with E-state index < -0.39 is 0 Å². The van der Waals surface area contributed by atoms with E-state index in [-0.39, 0.29) is 29.9 Å². The minimum absolute atomic E-state index is 0. The molecule has 0 saturated carbocycles. The summed E-state index contributed by atoms with van der Waals surface area (Å²) in [5, 5.41) is 11.1. The molecule has 2 bridgehead atoms. The zero-order valence-corrected chi connectivity index (χ0v) is 16.4. The molecule has 0 aliphatic carbocycles. The van der Waals surface area contributed by atoms with E-state index in [0.717, 1.165) is 25.2 Å². The van der Waals surface area contributed by atoms with Gasteiger partial charge in [0.15, 0.2) is 0 Å². The van der Waals surface area contributed by atoms with Crippen LogP contribution in [0.15, 0.2) is 35.4 Å². The van der Waals surface area contributed by atoms with Gasteiger partial charge in [-0.1, -0.05) is 17.7 Å². The number of nitrogens with zero attached hydrogens (tertiary/aromatic N) is 3. The van der Waals surface area contributed by atoms with Crippen LogP contribution in [0.5, 0.6) is 0 Å². The Balaban J connectivity index is 0.00000210. The van der Waals surface area contributed by atoms with Gasteiger partial charge in [0.05, 0.1) is 17.3 Å². The summed E-state index contributed by atoms with van der Waals surface area (Å²) in [6.45, 7) is 2.73. The second-order valence-electron chi connectivity index (χ2n) is 7.05. The van der Waals surface area contributed by atoms with Gasteiger partial charge in [-0.2, -0.15) is 5.10 Å². The van der Waals surface area contributed by atoms with Crippen molar-refractivity contribution in [2.45, 2.75) is 31.3 Å². The van der Waals surface area contributed by atoms with E-state index in [1.54, 1.807) is 23.1 Å². The summed E-state index contributed by atoms with van der Waals surface area (Å²) in [6.07, 6.45) is 4.63. The van der Waals surface area contributed by atoms with Crippen molar-refractivity contribution in [1.82, 2.24) is 25.0 Å². The maximum Gasteiger partial charge on any atom is 0.251 e. The molecule has 1 saturated heterocycles. The van der Waals surface area contributed by atoms with Crippen molar-refractivity contribution in [3.8, 4) is 0 Å². The van der Waals surface area contributed by atoms with Gasteiger partial charge >= 0.3 is 0 Å². The molecule has 0 spiro atoms. The molecule has 3 atom stereocenters. The van der Waals surface area contributed by atoms with Crippen molar-refractivity contribution in [2.24, 2.45) is 5.92 Å². The molecule has 146 valence electrons. The van der Waals surface area contributed by atoms with Gasteiger partial charge in [-0.3, -0.25) is 14.3 Å². The minimum Gasteiger partial charge on any atom is -0.354 e. The fourth-order valence-corrected chi connectivity index (χ4v) is 4.31. The number of carbonyl (C=O) groups is 1. The SMILES string of the molecule is Cl.O=C(CCn1cc(Cl)cn1)NC[C@H]1[C@@H]2CNC[C@@H](C2)c2cccc(=O)n21. The van der Waals surface area contributed by atoms with Gasteiger partial charge in [0.1, 0.15) is 0 Å². The number of halogens is 2. The highest BCUT2D eigenvalue weighted by molar-refractivity contribution is 6.30. The predicted molar refractivity (Wildman–Crippen MR) is 106 cm³/mol. The minimum atomic E-state index is -0.0481. The topological polar surface area (TPSA) is 81.0 Å². The van der Waals surface area contributed by atoms with Crippen LogP contribution in [0.2, 0.25) is 5.02 Å². The van der Waals surface area contributed by atoms with Crippen LogP contribution in [0.1, 0.15) is 30.5 Å². The first kappa shape index (κ1) is 19.9. The average molecular weight is 412 g/mol. The monoisotopic (exact) mass is 411 g/mol. The molecule has 2 N–H and O–H groups in total. The molecule has 0 unspecified atom stereocenters. The fraction of sp³-hybridized carbons (Fsp3) is 0.500. The van der Waals surface area contributed by atoms with E-state index >= 15 is 0 Å². The lowest BCUT2D eigenvalue weighted by Gasteiger charge is -2.43. The van der Waals surface area contributed by atoms with Gasteiger partial charge < -0.3 is 15.2 Å². The van der Waals surface area contributed by atoms with Gasteiger partial charge in [-0.05, 0) is 18.4 Å². The summed E-state index contributed by atoms with van der Waals surface area (Å²) in [5.74, 6) is 0.679. The van der Waals surface area contributed by atoms with Crippen LogP contribution in [0.25, 0.3) is 0 Å². The third kappa shape index (κ3) is 4.20. The Bertz CT molecular complexity index is 865. The lowest BCUT2D eigenvalue weighted by atomic mass is 9.79. The summed E-state index contributed by atoms with van der Waals surface area (Å²) in [4.78, 5) is 24.7. The normalized spacial score (nSPS) is 23.2. The Morgan fingerprint density at radius 3 is 3.00 bits per heavy atom. The highest BCUT2D eigenvalue weighted by Crippen LogP contribution is 2.37. The molecule has 1 fully saturated rings. The molecule has 0 radical (unpaired) electrons. The van der Waals surface area contributed by atoms with E-state index in [2.05, 4.69) is 15.7 Å². The molecule has 27 heavy (non-hydrogen) atoms. The lowest BCUT2D eigenvalue weighted by molar-refractivity contribution is -0.121. The van der Waals surface area contributed by atoms with Gasteiger partial charge in [-0.15, -0.1) is 12.4 Å². The van der Waals surface area contributed by atoms with Gasteiger partial charge in [0, 0.05) is 56.5 Å². The van der Waals surface area contributed by atoms with Crippen LogP contribution >= 0.6 is 24.0 Å². The first-order chi connectivity index (χ1) is 12.6. The molecule has 2 aromatic rings. The summed E-state index contributed by atoms with van der Waals surface area (Å²) in [5.41, 5.74) is 1.09. The van der Waals surface area contributed by atoms with E-state index in [1.165, 1.54) is 0 Å². The smallest absolute Gasteiger partial charge is 0.251 e. The summed E-state index contributed by atoms with van der Waals surface area (Å²) >= 11 is 5.83. The van der Waals surface area contributed by atoms with Gasteiger partial charge in [0.25, 0.3) is 5.56 Å². The Hall–Kier alpha value is -1.83. The van der Waals surface area contributed by atoms with Crippen molar-refractivity contribution in [3.63, 3.8) is 0 Å². The molecule has 2 aromatic heterocycles. The van der Waals surface area contributed by atoms with E-state index in [9.17, 15) is 9.59 Å². The van der Waals surface area contributed by atoms with Crippen molar-refractivity contribution >= 4 is 29.9 Å². The Morgan fingerprint density at radius 2 is 2.22 bits per heavy atom. The van der Waals surface area contributed by atoms with Crippen LogP contribution in [0.3, 0.4) is 0 Å². The molecule has 9 heteroatoms. The molecule has 7 nitrogen and oxygen atoms in total. The molecule has 2 aliphatic rings. The van der Waals surface area contributed by atoms with Crippen LogP contribution in [0, 0.1) is 5.92 Å². The Morgan fingerprint density at radius 1 is 1.37 bits per heavy atom. The molecule has 4 rings (SSSR count). The summed E-state index contributed by atoms with van der Waals surface area (Å²) in [7, 11) is 0. The predicted octanol–water partition coefficient (Wildman–Crippen LogP) is 1.57. The second-order valence-corrected chi connectivity index (χ2v) is 7.49. The number of rotatable bonds is 5. The van der Waals surface area contributed by atoms with Crippen LogP contribution in [-0.2, 0) is 11.3 Å². The Labute approximate surface area is 168 Å². The number of nitrogens with one attached hydrogen (secondary N) is 2. The highest BCUT2D eigenvalue weighted by Gasteiger charge is 2.37. The Kier molecular flexibility index (Phi) is 6.24. The van der Waals surface area contributed by atoms with E-state index in [1.807, 2.05) is 16.7 Å². The first-order valence-corrected chi connectivity index (χ1v) is 9.36. The number of aromatic nitrogens is 3.